The van der Waals surface area contributed by atoms with Gasteiger partial charge in [0, 0.05) is 33.2 Å². The Bertz CT molecular complexity index is 340. The SMILES string of the molecule is CN([C@@H]1CNC[C@H]1O)S(=O)(=O)N1CCCC1. The van der Waals surface area contributed by atoms with Gasteiger partial charge in [-0.1, -0.05) is 0 Å². The van der Waals surface area contributed by atoms with Crippen LogP contribution in [0.5, 0.6) is 0 Å². The summed E-state index contributed by atoms with van der Waals surface area (Å²) in [6.45, 7) is 2.18. The summed E-state index contributed by atoms with van der Waals surface area (Å²) in [6.07, 6.45) is 1.25. The molecular formula is C9H19N3O3S. The van der Waals surface area contributed by atoms with E-state index in [1.54, 1.807) is 7.05 Å². The van der Waals surface area contributed by atoms with Crippen LogP contribution in [0.3, 0.4) is 0 Å². The molecule has 2 aliphatic heterocycles. The quantitative estimate of drug-likeness (QED) is 0.645. The van der Waals surface area contributed by atoms with Crippen molar-refractivity contribution in [1.82, 2.24) is 13.9 Å². The fourth-order valence-electron chi connectivity index (χ4n) is 2.29. The van der Waals surface area contributed by atoms with Crippen LogP contribution in [0.1, 0.15) is 12.8 Å². The van der Waals surface area contributed by atoms with Gasteiger partial charge in [-0.25, -0.2) is 0 Å². The first-order valence-corrected chi connectivity index (χ1v) is 7.05. The molecule has 2 aliphatic rings. The Kier molecular flexibility index (Phi) is 3.50. The molecule has 2 fully saturated rings. The van der Waals surface area contributed by atoms with Gasteiger partial charge in [0.2, 0.25) is 0 Å². The highest BCUT2D eigenvalue weighted by Gasteiger charge is 2.38. The first-order valence-electron chi connectivity index (χ1n) is 5.65. The number of hydrogen-bond acceptors (Lipinski definition) is 4. The van der Waals surface area contributed by atoms with E-state index in [-0.39, 0.29) is 6.04 Å². The molecule has 0 aromatic heterocycles. The first-order chi connectivity index (χ1) is 7.53. The monoisotopic (exact) mass is 249 g/mol. The molecule has 0 bridgehead atoms. The van der Waals surface area contributed by atoms with Crippen LogP contribution in [0, 0.1) is 0 Å². The Balaban J connectivity index is 2.10. The summed E-state index contributed by atoms with van der Waals surface area (Å²) in [4.78, 5) is 0. The molecule has 2 rings (SSSR count). The van der Waals surface area contributed by atoms with Crippen molar-refractivity contribution in [3.05, 3.63) is 0 Å². The van der Waals surface area contributed by atoms with Gasteiger partial charge in [0.25, 0.3) is 10.2 Å². The van der Waals surface area contributed by atoms with Gasteiger partial charge in [-0.15, -0.1) is 0 Å². The van der Waals surface area contributed by atoms with E-state index in [0.717, 1.165) is 12.8 Å². The van der Waals surface area contributed by atoms with Crippen molar-refractivity contribution in [2.24, 2.45) is 0 Å². The third-order valence-corrected chi connectivity index (χ3v) is 5.39. The molecular weight excluding hydrogens is 230 g/mol. The minimum Gasteiger partial charge on any atom is -0.390 e. The standard InChI is InChI=1S/C9H19N3O3S/c1-11(8-6-10-7-9(8)13)16(14,15)12-4-2-3-5-12/h8-10,13H,2-7H2,1H3/t8-,9-/m1/s1. The zero-order valence-corrected chi connectivity index (χ0v) is 10.3. The van der Waals surface area contributed by atoms with E-state index in [9.17, 15) is 13.5 Å². The Labute approximate surface area is 96.4 Å². The normalized spacial score (nSPS) is 32.7. The second kappa shape index (κ2) is 4.58. The smallest absolute Gasteiger partial charge is 0.282 e. The van der Waals surface area contributed by atoms with Gasteiger partial charge in [-0.3, -0.25) is 0 Å². The number of nitrogens with one attached hydrogen (secondary N) is 1. The van der Waals surface area contributed by atoms with Gasteiger partial charge in [-0.2, -0.15) is 17.0 Å². The maximum Gasteiger partial charge on any atom is 0.282 e. The molecule has 0 aromatic rings. The van der Waals surface area contributed by atoms with Crippen molar-refractivity contribution in [1.29, 1.82) is 0 Å². The van der Waals surface area contributed by atoms with Gasteiger partial charge in [0.05, 0.1) is 12.1 Å². The Hall–Kier alpha value is -0.210. The Morgan fingerprint density at radius 2 is 1.94 bits per heavy atom. The van der Waals surface area contributed by atoms with Crippen molar-refractivity contribution >= 4 is 10.2 Å². The van der Waals surface area contributed by atoms with E-state index >= 15 is 0 Å². The summed E-state index contributed by atoms with van der Waals surface area (Å²) < 4.78 is 27.2. The van der Waals surface area contributed by atoms with Crippen LogP contribution in [0.15, 0.2) is 0 Å². The molecule has 0 amide bonds. The second-order valence-corrected chi connectivity index (χ2v) is 6.41. The highest BCUT2D eigenvalue weighted by atomic mass is 32.2. The number of rotatable bonds is 3. The molecule has 2 saturated heterocycles. The predicted octanol–water partition coefficient (Wildman–Crippen LogP) is -1.41. The van der Waals surface area contributed by atoms with Crippen molar-refractivity contribution in [3.8, 4) is 0 Å². The maximum atomic E-state index is 12.2. The number of likely N-dealkylation sites (N-methyl/N-ethyl adjacent to an activating group) is 1. The van der Waals surface area contributed by atoms with Crippen molar-refractivity contribution in [2.75, 3.05) is 33.2 Å². The third kappa shape index (κ3) is 2.10. The highest BCUT2D eigenvalue weighted by molar-refractivity contribution is 7.86. The largest absolute Gasteiger partial charge is 0.390 e. The van der Waals surface area contributed by atoms with E-state index in [0.29, 0.717) is 26.2 Å². The van der Waals surface area contributed by atoms with E-state index in [1.807, 2.05) is 0 Å². The fraction of sp³-hybridized carbons (Fsp3) is 1.00. The molecule has 6 nitrogen and oxygen atoms in total. The van der Waals surface area contributed by atoms with Gasteiger partial charge < -0.3 is 10.4 Å². The predicted molar refractivity (Wildman–Crippen MR) is 60.2 cm³/mol. The summed E-state index contributed by atoms with van der Waals surface area (Å²) in [5, 5.41) is 12.7. The highest BCUT2D eigenvalue weighted by Crippen LogP contribution is 2.19. The molecule has 94 valence electrons. The van der Waals surface area contributed by atoms with Crippen LogP contribution in [0.4, 0.5) is 0 Å². The lowest BCUT2D eigenvalue weighted by Gasteiger charge is -2.29. The molecule has 2 N–H and O–H groups in total. The molecule has 7 heteroatoms. The summed E-state index contributed by atoms with van der Waals surface area (Å²) in [6, 6.07) is -0.342. The Morgan fingerprint density at radius 1 is 1.31 bits per heavy atom. The second-order valence-electron chi connectivity index (χ2n) is 4.42. The lowest BCUT2D eigenvalue weighted by atomic mass is 10.2. The third-order valence-electron chi connectivity index (χ3n) is 3.37. The number of nitrogens with zero attached hydrogens (tertiary/aromatic N) is 2. The minimum atomic E-state index is -3.39. The topological polar surface area (TPSA) is 72.9 Å². The van der Waals surface area contributed by atoms with Gasteiger partial charge in [-0.05, 0) is 12.8 Å². The summed E-state index contributed by atoms with van der Waals surface area (Å²) >= 11 is 0. The molecule has 0 unspecified atom stereocenters. The number of β-amino-alcohol motifs (C(OH)–C–C–N with tert-alkyl or cyclic N) is 1. The van der Waals surface area contributed by atoms with E-state index in [1.165, 1.54) is 8.61 Å². The zero-order chi connectivity index (χ0) is 11.8. The maximum absolute atomic E-state index is 12.2. The minimum absolute atomic E-state index is 0.342. The van der Waals surface area contributed by atoms with E-state index in [2.05, 4.69) is 5.32 Å². The molecule has 0 saturated carbocycles. The molecule has 0 radical (unpaired) electrons. The molecule has 0 aliphatic carbocycles. The Morgan fingerprint density at radius 3 is 2.44 bits per heavy atom. The van der Waals surface area contributed by atoms with Crippen LogP contribution in [0.2, 0.25) is 0 Å². The van der Waals surface area contributed by atoms with Crippen LogP contribution < -0.4 is 5.32 Å². The molecule has 16 heavy (non-hydrogen) atoms. The summed E-state index contributed by atoms with van der Waals surface area (Å²) in [5.74, 6) is 0. The number of hydrogen-bond donors (Lipinski definition) is 2. The molecule has 0 spiro atoms. The number of aliphatic hydroxyl groups is 1. The van der Waals surface area contributed by atoms with Crippen LogP contribution >= 0.6 is 0 Å². The zero-order valence-electron chi connectivity index (χ0n) is 9.46. The summed E-state index contributed by atoms with van der Waals surface area (Å²) in [7, 11) is -1.84. The van der Waals surface area contributed by atoms with E-state index in [4.69, 9.17) is 0 Å². The van der Waals surface area contributed by atoms with Crippen molar-refractivity contribution in [2.45, 2.75) is 25.0 Å². The lowest BCUT2D eigenvalue weighted by Crippen LogP contribution is -2.49. The van der Waals surface area contributed by atoms with Gasteiger partial charge >= 0.3 is 0 Å². The van der Waals surface area contributed by atoms with Crippen molar-refractivity contribution in [3.63, 3.8) is 0 Å². The molecule has 0 aromatic carbocycles. The lowest BCUT2D eigenvalue weighted by molar-refractivity contribution is 0.133. The average molecular weight is 249 g/mol. The van der Waals surface area contributed by atoms with Crippen molar-refractivity contribution < 1.29 is 13.5 Å². The molecule has 2 atom stereocenters. The average Bonchev–Trinajstić information content (AvgIpc) is 2.86. The fourth-order valence-corrected chi connectivity index (χ4v) is 3.94. The van der Waals surface area contributed by atoms with Gasteiger partial charge in [0.1, 0.15) is 0 Å². The number of aliphatic hydroxyl groups excluding tert-OH is 1. The van der Waals surface area contributed by atoms with Crippen LogP contribution in [-0.4, -0.2) is 67.5 Å². The van der Waals surface area contributed by atoms with Crippen LogP contribution in [0.25, 0.3) is 0 Å². The summed E-state index contributed by atoms with van der Waals surface area (Å²) in [5.41, 5.74) is 0. The van der Waals surface area contributed by atoms with Crippen LogP contribution in [-0.2, 0) is 10.2 Å². The van der Waals surface area contributed by atoms with Gasteiger partial charge in [0.15, 0.2) is 0 Å². The first kappa shape index (κ1) is 12.3. The van der Waals surface area contributed by atoms with E-state index < -0.39 is 16.3 Å². The molecule has 2 heterocycles.